The van der Waals surface area contributed by atoms with E-state index in [1.165, 1.54) is 0 Å². The number of aryl methyl sites for hydroxylation is 1. The molecule has 0 amide bonds. The zero-order chi connectivity index (χ0) is 16.2. The number of H-pyrrole nitrogens is 1. The summed E-state index contributed by atoms with van der Waals surface area (Å²) in [5.41, 5.74) is 3.05. The minimum atomic E-state index is -0.260. The molecule has 0 unspecified atom stereocenters. The van der Waals surface area contributed by atoms with E-state index >= 15 is 0 Å². The fourth-order valence-electron chi connectivity index (χ4n) is 2.10. The van der Waals surface area contributed by atoms with Gasteiger partial charge in [0.15, 0.2) is 0 Å². The molecule has 0 bridgehead atoms. The van der Waals surface area contributed by atoms with Crippen LogP contribution >= 0.6 is 11.6 Å². The number of rotatable bonds is 4. The summed E-state index contributed by atoms with van der Waals surface area (Å²) >= 11 is 5.85. The van der Waals surface area contributed by atoms with Crippen molar-refractivity contribution in [1.82, 2.24) is 15.2 Å². The van der Waals surface area contributed by atoms with Crippen LogP contribution in [0.1, 0.15) is 16.8 Å². The quantitative estimate of drug-likeness (QED) is 0.770. The molecule has 2 aromatic carbocycles. The monoisotopic (exact) mass is 326 g/mol. The number of hydrogen-bond acceptors (Lipinski definition) is 4. The van der Waals surface area contributed by atoms with Gasteiger partial charge in [0.05, 0.1) is 0 Å². The molecule has 0 spiro atoms. The second kappa shape index (κ2) is 6.62. The molecule has 0 radical (unpaired) electrons. The van der Waals surface area contributed by atoms with Gasteiger partial charge in [-0.3, -0.25) is 9.78 Å². The molecule has 3 aromatic rings. The van der Waals surface area contributed by atoms with Gasteiger partial charge in [-0.05, 0) is 36.8 Å². The van der Waals surface area contributed by atoms with Crippen LogP contribution in [0, 0.1) is 6.92 Å². The molecule has 23 heavy (non-hydrogen) atoms. The minimum absolute atomic E-state index is 0.260. The summed E-state index contributed by atoms with van der Waals surface area (Å²) in [6.07, 6.45) is 0.407. The summed E-state index contributed by atoms with van der Waals surface area (Å²) in [6, 6.07) is 15.1. The van der Waals surface area contributed by atoms with Gasteiger partial charge in [-0.15, -0.1) is 10.2 Å². The maximum atomic E-state index is 12.1. The van der Waals surface area contributed by atoms with E-state index in [2.05, 4.69) is 20.5 Å². The average Bonchev–Trinajstić information content (AvgIpc) is 2.54. The molecule has 0 aliphatic carbocycles. The Kier molecular flexibility index (Phi) is 4.39. The predicted molar refractivity (Wildman–Crippen MR) is 91.4 cm³/mol. The lowest BCUT2D eigenvalue weighted by molar-refractivity contribution is 0.874. The third kappa shape index (κ3) is 3.96. The van der Waals surface area contributed by atoms with E-state index in [9.17, 15) is 4.79 Å². The van der Waals surface area contributed by atoms with Gasteiger partial charge in [0.2, 0.25) is 5.95 Å². The van der Waals surface area contributed by atoms with Crippen LogP contribution in [-0.2, 0) is 6.42 Å². The Bertz CT molecular complexity index is 857. The van der Waals surface area contributed by atoms with Gasteiger partial charge in [-0.2, -0.15) is 0 Å². The van der Waals surface area contributed by atoms with E-state index in [1.54, 1.807) is 12.1 Å². The largest absolute Gasteiger partial charge is 0.324 e. The van der Waals surface area contributed by atoms with Crippen molar-refractivity contribution < 1.29 is 0 Å². The van der Waals surface area contributed by atoms with Crippen LogP contribution in [0.4, 0.5) is 11.6 Å². The Hall–Kier alpha value is -2.66. The number of hydrogen-bond donors (Lipinski definition) is 2. The molecule has 0 aliphatic heterocycles. The highest BCUT2D eigenvalue weighted by Gasteiger charge is 2.06. The Morgan fingerprint density at radius 2 is 1.74 bits per heavy atom. The Morgan fingerprint density at radius 1 is 1.04 bits per heavy atom. The fourth-order valence-corrected chi connectivity index (χ4v) is 2.23. The van der Waals surface area contributed by atoms with Gasteiger partial charge in [0, 0.05) is 17.1 Å². The van der Waals surface area contributed by atoms with Crippen molar-refractivity contribution in [1.29, 1.82) is 0 Å². The molecular weight excluding hydrogens is 312 g/mol. The van der Waals surface area contributed by atoms with Crippen molar-refractivity contribution in [3.8, 4) is 0 Å². The van der Waals surface area contributed by atoms with Crippen LogP contribution < -0.4 is 10.9 Å². The van der Waals surface area contributed by atoms with E-state index < -0.39 is 0 Å². The number of benzene rings is 2. The van der Waals surface area contributed by atoms with Crippen molar-refractivity contribution in [3.63, 3.8) is 0 Å². The molecule has 0 fully saturated rings. The number of anilines is 2. The smallest absolute Gasteiger partial charge is 0.274 e. The van der Waals surface area contributed by atoms with Crippen molar-refractivity contribution in [3.05, 3.63) is 80.7 Å². The van der Waals surface area contributed by atoms with Crippen molar-refractivity contribution >= 4 is 23.2 Å². The van der Waals surface area contributed by atoms with E-state index in [4.69, 9.17) is 11.6 Å². The molecule has 0 saturated carbocycles. The highest BCUT2D eigenvalue weighted by Crippen LogP contribution is 2.13. The summed E-state index contributed by atoms with van der Waals surface area (Å²) in [6.45, 7) is 2.01. The lowest BCUT2D eigenvalue weighted by atomic mass is 10.1. The molecular formula is C17H15ClN4O. The standard InChI is InChI=1S/C17H15ClN4O/c1-11-2-8-14(9-3-11)19-17-20-16(23)15(21-22-17)10-12-4-6-13(18)7-5-12/h2-9H,10H2,1H3,(H2,19,20,22,23). The zero-order valence-corrected chi connectivity index (χ0v) is 13.3. The normalized spacial score (nSPS) is 10.5. The lowest BCUT2D eigenvalue weighted by Crippen LogP contribution is -2.18. The highest BCUT2D eigenvalue weighted by atomic mass is 35.5. The third-order valence-corrected chi connectivity index (χ3v) is 3.62. The van der Waals surface area contributed by atoms with E-state index in [0.29, 0.717) is 23.1 Å². The number of nitrogens with one attached hydrogen (secondary N) is 2. The molecule has 2 N–H and O–H groups in total. The maximum absolute atomic E-state index is 12.1. The van der Waals surface area contributed by atoms with Crippen LogP contribution in [0.2, 0.25) is 5.02 Å². The van der Waals surface area contributed by atoms with Gasteiger partial charge in [-0.25, -0.2) is 0 Å². The third-order valence-electron chi connectivity index (χ3n) is 3.36. The Balaban J connectivity index is 1.76. The van der Waals surface area contributed by atoms with Crippen LogP contribution in [0.15, 0.2) is 53.3 Å². The summed E-state index contributed by atoms with van der Waals surface area (Å²) in [4.78, 5) is 14.8. The summed E-state index contributed by atoms with van der Waals surface area (Å²) < 4.78 is 0. The first-order chi connectivity index (χ1) is 11.1. The van der Waals surface area contributed by atoms with Gasteiger partial charge in [0.1, 0.15) is 5.69 Å². The van der Waals surface area contributed by atoms with Gasteiger partial charge >= 0.3 is 0 Å². The van der Waals surface area contributed by atoms with Crippen molar-refractivity contribution in [2.75, 3.05) is 5.32 Å². The molecule has 1 heterocycles. The number of aromatic nitrogens is 3. The molecule has 1 aromatic heterocycles. The SMILES string of the molecule is Cc1ccc(Nc2nnc(Cc3ccc(Cl)cc3)c(=O)[nH]2)cc1. The van der Waals surface area contributed by atoms with E-state index in [1.807, 2.05) is 43.3 Å². The molecule has 116 valence electrons. The second-order valence-electron chi connectivity index (χ2n) is 5.24. The Morgan fingerprint density at radius 3 is 2.39 bits per heavy atom. The second-order valence-corrected chi connectivity index (χ2v) is 5.68. The van der Waals surface area contributed by atoms with Crippen molar-refractivity contribution in [2.24, 2.45) is 0 Å². The van der Waals surface area contributed by atoms with Crippen LogP contribution in [0.3, 0.4) is 0 Å². The number of nitrogens with zero attached hydrogens (tertiary/aromatic N) is 2. The van der Waals surface area contributed by atoms with Gasteiger partial charge in [0.25, 0.3) is 5.56 Å². The van der Waals surface area contributed by atoms with Crippen LogP contribution in [-0.4, -0.2) is 15.2 Å². The molecule has 6 heteroatoms. The Labute approximate surface area is 138 Å². The first-order valence-electron chi connectivity index (χ1n) is 7.14. The summed E-state index contributed by atoms with van der Waals surface area (Å²) in [7, 11) is 0. The van der Waals surface area contributed by atoms with Gasteiger partial charge < -0.3 is 5.32 Å². The molecule has 0 aliphatic rings. The predicted octanol–water partition coefficient (Wildman–Crippen LogP) is 3.46. The van der Waals surface area contributed by atoms with E-state index in [0.717, 1.165) is 16.8 Å². The lowest BCUT2D eigenvalue weighted by Gasteiger charge is -2.06. The number of halogens is 1. The fraction of sp³-hybridized carbons (Fsp3) is 0.118. The highest BCUT2D eigenvalue weighted by molar-refractivity contribution is 6.30. The average molecular weight is 327 g/mol. The minimum Gasteiger partial charge on any atom is -0.324 e. The molecule has 5 nitrogen and oxygen atoms in total. The first-order valence-corrected chi connectivity index (χ1v) is 7.52. The van der Waals surface area contributed by atoms with Crippen LogP contribution in [0.5, 0.6) is 0 Å². The molecule has 3 rings (SSSR count). The zero-order valence-electron chi connectivity index (χ0n) is 12.5. The maximum Gasteiger partial charge on any atom is 0.274 e. The molecule has 0 atom stereocenters. The first kappa shape index (κ1) is 15.2. The molecule has 0 saturated heterocycles. The van der Waals surface area contributed by atoms with Crippen molar-refractivity contribution in [2.45, 2.75) is 13.3 Å². The van der Waals surface area contributed by atoms with Crippen LogP contribution in [0.25, 0.3) is 0 Å². The summed E-state index contributed by atoms with van der Waals surface area (Å²) in [5.74, 6) is 0.318. The number of aromatic amines is 1. The van der Waals surface area contributed by atoms with E-state index in [-0.39, 0.29) is 5.56 Å². The summed E-state index contributed by atoms with van der Waals surface area (Å²) in [5, 5.41) is 11.7. The van der Waals surface area contributed by atoms with Gasteiger partial charge in [-0.1, -0.05) is 41.4 Å². The topological polar surface area (TPSA) is 70.7 Å².